The van der Waals surface area contributed by atoms with Crippen LogP contribution in [0.1, 0.15) is 62.6 Å². The number of hydrogen-bond donors (Lipinski definition) is 0. The Labute approximate surface area is 187 Å². The van der Waals surface area contributed by atoms with Crippen LogP contribution in [0.25, 0.3) is 6.08 Å². The summed E-state index contributed by atoms with van der Waals surface area (Å²) in [6.07, 6.45) is 7.11. The van der Waals surface area contributed by atoms with Crippen molar-refractivity contribution in [1.82, 2.24) is 9.47 Å². The van der Waals surface area contributed by atoms with E-state index in [9.17, 15) is 14.9 Å². The zero-order chi connectivity index (χ0) is 21.8. The van der Waals surface area contributed by atoms with Gasteiger partial charge in [-0.15, -0.1) is 0 Å². The maximum Gasteiger partial charge on any atom is 0.270 e. The van der Waals surface area contributed by atoms with Crippen molar-refractivity contribution in [3.8, 4) is 6.07 Å². The molecule has 1 aromatic heterocycles. The van der Waals surface area contributed by atoms with Crippen molar-refractivity contribution < 1.29 is 4.79 Å². The predicted molar refractivity (Wildman–Crippen MR) is 127 cm³/mol. The second-order valence-electron chi connectivity index (χ2n) is 7.63. The average Bonchev–Trinajstić information content (AvgIpc) is 2.90. The summed E-state index contributed by atoms with van der Waals surface area (Å²) >= 11 is 6.65. The van der Waals surface area contributed by atoms with Crippen LogP contribution in [-0.2, 0) is 11.3 Å². The van der Waals surface area contributed by atoms with Crippen LogP contribution in [0.2, 0.25) is 0 Å². The Balaban J connectivity index is 2.27. The first-order chi connectivity index (χ1) is 14.4. The van der Waals surface area contributed by atoms with Crippen molar-refractivity contribution in [2.45, 2.75) is 59.4 Å². The standard InChI is InChI=1S/C22H28N4O2S2/c1-4-10-26-19(24-11-8-6-7-9-12-24)16(15(3)17(14-23)20(26)27)13-18-21(28)25(5-2)22(29)30-18/h13H,4-12H2,1-3H3. The lowest BCUT2D eigenvalue weighted by molar-refractivity contribution is -0.121. The highest BCUT2D eigenvalue weighted by Gasteiger charge is 2.32. The van der Waals surface area contributed by atoms with Gasteiger partial charge in [0.25, 0.3) is 11.5 Å². The van der Waals surface area contributed by atoms with E-state index >= 15 is 0 Å². The van der Waals surface area contributed by atoms with Crippen molar-refractivity contribution in [2.75, 3.05) is 24.5 Å². The van der Waals surface area contributed by atoms with Gasteiger partial charge in [0.15, 0.2) is 0 Å². The maximum absolute atomic E-state index is 13.2. The lowest BCUT2D eigenvalue weighted by Crippen LogP contribution is -2.35. The van der Waals surface area contributed by atoms with Gasteiger partial charge in [0.05, 0.1) is 4.91 Å². The lowest BCUT2D eigenvalue weighted by Gasteiger charge is -2.29. The zero-order valence-electron chi connectivity index (χ0n) is 17.9. The molecule has 3 rings (SSSR count). The van der Waals surface area contributed by atoms with Crippen LogP contribution in [0.15, 0.2) is 9.70 Å². The van der Waals surface area contributed by atoms with E-state index in [0.717, 1.165) is 43.7 Å². The molecule has 0 bridgehead atoms. The molecule has 0 N–H and O–H groups in total. The number of thiocarbonyl (C=S) groups is 1. The molecule has 1 amide bonds. The molecule has 0 spiro atoms. The molecule has 2 aliphatic rings. The zero-order valence-corrected chi connectivity index (χ0v) is 19.5. The third-order valence-electron chi connectivity index (χ3n) is 5.66. The molecule has 0 atom stereocenters. The number of hydrogen-bond acceptors (Lipinski definition) is 6. The topological polar surface area (TPSA) is 69.3 Å². The van der Waals surface area contributed by atoms with Gasteiger partial charge in [0.1, 0.15) is 21.8 Å². The molecule has 160 valence electrons. The molecule has 0 saturated carbocycles. The van der Waals surface area contributed by atoms with E-state index in [1.807, 2.05) is 26.8 Å². The van der Waals surface area contributed by atoms with Crippen LogP contribution in [-0.4, -0.2) is 39.3 Å². The summed E-state index contributed by atoms with van der Waals surface area (Å²) in [5, 5.41) is 9.70. The molecule has 30 heavy (non-hydrogen) atoms. The molecule has 0 radical (unpaired) electrons. The van der Waals surface area contributed by atoms with E-state index in [2.05, 4.69) is 11.0 Å². The number of nitriles is 1. The number of carbonyl (C=O) groups excluding carboxylic acids is 1. The first kappa shape index (κ1) is 22.6. The fourth-order valence-corrected chi connectivity index (χ4v) is 5.47. The number of likely N-dealkylation sites (N-methyl/N-ethyl adjacent to an activating group) is 1. The maximum atomic E-state index is 13.2. The largest absolute Gasteiger partial charge is 0.357 e. The molecule has 2 saturated heterocycles. The molecule has 0 aliphatic carbocycles. The minimum Gasteiger partial charge on any atom is -0.357 e. The van der Waals surface area contributed by atoms with Gasteiger partial charge >= 0.3 is 0 Å². The number of rotatable bonds is 5. The quantitative estimate of drug-likeness (QED) is 0.504. The highest BCUT2D eigenvalue weighted by Crippen LogP contribution is 2.36. The third-order valence-corrected chi connectivity index (χ3v) is 7.04. The van der Waals surface area contributed by atoms with Crippen LogP contribution < -0.4 is 10.5 Å². The van der Waals surface area contributed by atoms with Crippen LogP contribution in [0.5, 0.6) is 0 Å². The molecule has 2 fully saturated rings. The summed E-state index contributed by atoms with van der Waals surface area (Å²) in [6, 6.07) is 2.10. The SMILES string of the molecule is CCCn1c(N2CCCCCC2)c(C=C2SC(=S)N(CC)C2=O)c(C)c(C#N)c1=O. The first-order valence-electron chi connectivity index (χ1n) is 10.6. The first-order valence-corrected chi connectivity index (χ1v) is 11.8. The van der Waals surface area contributed by atoms with E-state index in [1.54, 1.807) is 9.47 Å². The number of aromatic nitrogens is 1. The second-order valence-corrected chi connectivity index (χ2v) is 9.31. The highest BCUT2D eigenvalue weighted by molar-refractivity contribution is 8.26. The van der Waals surface area contributed by atoms with Crippen LogP contribution in [0.4, 0.5) is 5.82 Å². The summed E-state index contributed by atoms with van der Waals surface area (Å²) < 4.78 is 2.29. The van der Waals surface area contributed by atoms with Crippen molar-refractivity contribution in [3.63, 3.8) is 0 Å². The van der Waals surface area contributed by atoms with E-state index in [0.29, 0.717) is 27.9 Å². The van der Waals surface area contributed by atoms with Gasteiger partial charge in [0, 0.05) is 31.7 Å². The Hall–Kier alpha value is -2.11. The second kappa shape index (κ2) is 9.80. The number of carbonyl (C=O) groups is 1. The summed E-state index contributed by atoms with van der Waals surface area (Å²) in [4.78, 5) is 30.4. The fraction of sp³-hybridized carbons (Fsp3) is 0.545. The van der Waals surface area contributed by atoms with Crippen LogP contribution in [0.3, 0.4) is 0 Å². The summed E-state index contributed by atoms with van der Waals surface area (Å²) in [6.45, 7) is 8.53. The molecule has 0 aromatic carbocycles. The average molecular weight is 445 g/mol. The van der Waals surface area contributed by atoms with Crippen molar-refractivity contribution in [1.29, 1.82) is 5.26 Å². The van der Waals surface area contributed by atoms with E-state index in [4.69, 9.17) is 12.2 Å². The molecule has 6 nitrogen and oxygen atoms in total. The summed E-state index contributed by atoms with van der Waals surface area (Å²) in [5.41, 5.74) is 1.34. The van der Waals surface area contributed by atoms with E-state index in [1.165, 1.54) is 24.6 Å². The van der Waals surface area contributed by atoms with Gasteiger partial charge in [-0.1, -0.05) is 43.7 Å². The third kappa shape index (κ3) is 4.19. The lowest BCUT2D eigenvalue weighted by atomic mass is 10.0. The highest BCUT2D eigenvalue weighted by atomic mass is 32.2. The summed E-state index contributed by atoms with van der Waals surface area (Å²) in [5.74, 6) is 0.725. The van der Waals surface area contributed by atoms with E-state index in [-0.39, 0.29) is 17.0 Å². The Morgan fingerprint density at radius 3 is 2.37 bits per heavy atom. The molecule has 2 aliphatic heterocycles. The van der Waals surface area contributed by atoms with Crippen molar-refractivity contribution >= 4 is 46.1 Å². The van der Waals surface area contributed by atoms with Crippen molar-refractivity contribution in [3.05, 3.63) is 31.9 Å². The van der Waals surface area contributed by atoms with Gasteiger partial charge in [-0.3, -0.25) is 19.1 Å². The van der Waals surface area contributed by atoms with Crippen LogP contribution in [0, 0.1) is 18.3 Å². The Morgan fingerprint density at radius 2 is 1.83 bits per heavy atom. The van der Waals surface area contributed by atoms with Crippen molar-refractivity contribution in [2.24, 2.45) is 0 Å². The monoisotopic (exact) mass is 444 g/mol. The number of thioether (sulfide) groups is 1. The van der Waals surface area contributed by atoms with Gasteiger partial charge < -0.3 is 4.90 Å². The van der Waals surface area contributed by atoms with Gasteiger partial charge in [-0.25, -0.2) is 0 Å². The van der Waals surface area contributed by atoms with Gasteiger partial charge in [-0.2, -0.15) is 5.26 Å². The molecule has 3 heterocycles. The summed E-state index contributed by atoms with van der Waals surface area (Å²) in [7, 11) is 0. The number of anilines is 1. The number of amides is 1. The molecule has 8 heteroatoms. The Bertz CT molecular complexity index is 982. The normalized spacial score (nSPS) is 18.8. The van der Waals surface area contributed by atoms with Gasteiger partial charge in [-0.05, 0) is 44.7 Å². The van der Waals surface area contributed by atoms with Crippen LogP contribution >= 0.6 is 24.0 Å². The predicted octanol–water partition coefficient (Wildman–Crippen LogP) is 4.04. The van der Waals surface area contributed by atoms with Gasteiger partial charge in [0.2, 0.25) is 0 Å². The Kier molecular flexibility index (Phi) is 7.37. The number of nitrogens with zero attached hydrogens (tertiary/aromatic N) is 4. The Morgan fingerprint density at radius 1 is 1.17 bits per heavy atom. The van der Waals surface area contributed by atoms with E-state index < -0.39 is 0 Å². The fourth-order valence-electron chi connectivity index (χ4n) is 4.10. The minimum absolute atomic E-state index is 0.111. The smallest absolute Gasteiger partial charge is 0.270 e. The minimum atomic E-state index is -0.241. The molecular formula is C22H28N4O2S2. The molecular weight excluding hydrogens is 416 g/mol. The molecule has 1 aromatic rings. The number of pyridine rings is 1. The molecule has 0 unspecified atom stereocenters.